The second-order valence-corrected chi connectivity index (χ2v) is 8.58. The van der Waals surface area contributed by atoms with E-state index in [0.29, 0.717) is 18.1 Å². The topological polar surface area (TPSA) is 54.4 Å². The molecule has 0 amide bonds. The monoisotopic (exact) mass is 270 g/mol. The van der Waals surface area contributed by atoms with Crippen molar-refractivity contribution in [3.63, 3.8) is 0 Å². The molecule has 1 aliphatic heterocycles. The minimum absolute atomic E-state index is 0.189. The molecule has 6 heteroatoms. The Morgan fingerprint density at radius 2 is 2.20 bits per heavy atom. The lowest BCUT2D eigenvalue weighted by Crippen LogP contribution is -2.29. The number of aliphatic hydroxyl groups excluding tert-OH is 1. The number of sulfone groups is 1. The zero-order chi connectivity index (χ0) is 11.3. The third-order valence-electron chi connectivity index (χ3n) is 2.29. The lowest BCUT2D eigenvalue weighted by Gasteiger charge is -2.25. The highest BCUT2D eigenvalue weighted by Gasteiger charge is 2.22. The molecule has 0 spiro atoms. The number of hydrogen-bond donors (Lipinski definition) is 1. The molecule has 0 radical (unpaired) electrons. The van der Waals surface area contributed by atoms with E-state index in [2.05, 4.69) is 0 Å². The van der Waals surface area contributed by atoms with Gasteiger partial charge >= 0.3 is 0 Å². The number of rotatable bonds is 5. The Morgan fingerprint density at radius 3 is 2.73 bits per heavy atom. The number of thioether (sulfide) groups is 2. The maximum atomic E-state index is 10.9. The van der Waals surface area contributed by atoms with Crippen molar-refractivity contribution in [2.45, 2.75) is 24.2 Å². The van der Waals surface area contributed by atoms with Crippen molar-refractivity contribution in [1.29, 1.82) is 0 Å². The normalized spacial score (nSPS) is 25.1. The molecule has 1 aliphatic rings. The first-order valence-corrected chi connectivity index (χ1v) is 9.30. The lowest BCUT2D eigenvalue weighted by molar-refractivity contribution is 0.166. The third-order valence-corrected chi connectivity index (χ3v) is 6.22. The SMILES string of the molecule is CS(=O)(=O)CCCC(O)C1CSCCS1. The summed E-state index contributed by atoms with van der Waals surface area (Å²) < 4.78 is 21.8. The van der Waals surface area contributed by atoms with E-state index in [-0.39, 0.29) is 11.9 Å². The van der Waals surface area contributed by atoms with Crippen LogP contribution in [0, 0.1) is 0 Å². The molecule has 2 unspecified atom stereocenters. The summed E-state index contributed by atoms with van der Waals surface area (Å²) in [6.07, 6.45) is 2.07. The summed E-state index contributed by atoms with van der Waals surface area (Å²) >= 11 is 3.68. The van der Waals surface area contributed by atoms with Crippen molar-refractivity contribution in [2.24, 2.45) is 0 Å². The number of hydrogen-bond acceptors (Lipinski definition) is 5. The molecule has 1 N–H and O–H groups in total. The van der Waals surface area contributed by atoms with Gasteiger partial charge in [-0.3, -0.25) is 0 Å². The Hall–Kier alpha value is 0.610. The van der Waals surface area contributed by atoms with Gasteiger partial charge in [-0.2, -0.15) is 23.5 Å². The van der Waals surface area contributed by atoms with Gasteiger partial charge in [-0.25, -0.2) is 8.42 Å². The fourth-order valence-electron chi connectivity index (χ4n) is 1.47. The van der Waals surface area contributed by atoms with E-state index in [4.69, 9.17) is 0 Å². The van der Waals surface area contributed by atoms with Crippen LogP contribution in [0.4, 0.5) is 0 Å². The van der Waals surface area contributed by atoms with Crippen molar-refractivity contribution < 1.29 is 13.5 Å². The lowest BCUT2D eigenvalue weighted by atomic mass is 10.1. The van der Waals surface area contributed by atoms with Crippen LogP contribution >= 0.6 is 23.5 Å². The summed E-state index contributed by atoms with van der Waals surface area (Å²) in [7, 11) is -2.87. The first kappa shape index (κ1) is 13.7. The standard InChI is InChI=1S/C9H18O3S3/c1-15(11,12)6-2-3-8(10)9-7-13-4-5-14-9/h8-10H,2-7H2,1H3. The summed E-state index contributed by atoms with van der Waals surface area (Å²) in [5.41, 5.74) is 0. The Kier molecular flexibility index (Phi) is 5.81. The Labute approximate surface area is 100 Å². The molecule has 0 saturated carbocycles. The first-order chi connectivity index (χ1) is 6.99. The van der Waals surface area contributed by atoms with Gasteiger partial charge in [0, 0.05) is 34.5 Å². The van der Waals surface area contributed by atoms with Crippen LogP contribution in [-0.2, 0) is 9.84 Å². The molecular formula is C9H18O3S3. The van der Waals surface area contributed by atoms with Crippen LogP contribution in [0.1, 0.15) is 12.8 Å². The van der Waals surface area contributed by atoms with Crippen LogP contribution < -0.4 is 0 Å². The van der Waals surface area contributed by atoms with Gasteiger partial charge in [0.2, 0.25) is 0 Å². The fraction of sp³-hybridized carbons (Fsp3) is 1.00. The zero-order valence-electron chi connectivity index (χ0n) is 8.89. The van der Waals surface area contributed by atoms with Crippen molar-refractivity contribution in [3.05, 3.63) is 0 Å². The Balaban J connectivity index is 2.20. The molecule has 15 heavy (non-hydrogen) atoms. The van der Waals surface area contributed by atoms with Gasteiger partial charge in [-0.1, -0.05) is 0 Å². The van der Waals surface area contributed by atoms with E-state index in [1.807, 2.05) is 23.5 Å². The summed E-state index contributed by atoms with van der Waals surface area (Å²) in [5.74, 6) is 3.44. The highest BCUT2D eigenvalue weighted by atomic mass is 32.2. The number of aliphatic hydroxyl groups is 1. The van der Waals surface area contributed by atoms with Gasteiger partial charge in [0.05, 0.1) is 6.10 Å². The van der Waals surface area contributed by atoms with E-state index in [1.165, 1.54) is 6.26 Å². The van der Waals surface area contributed by atoms with Crippen LogP contribution in [0.15, 0.2) is 0 Å². The average molecular weight is 270 g/mol. The summed E-state index contributed by atoms with van der Waals surface area (Å²) in [6.45, 7) is 0. The minimum atomic E-state index is -2.87. The molecule has 90 valence electrons. The molecule has 1 heterocycles. The van der Waals surface area contributed by atoms with Crippen molar-refractivity contribution in [1.82, 2.24) is 0 Å². The van der Waals surface area contributed by atoms with Gasteiger partial charge in [0.15, 0.2) is 0 Å². The van der Waals surface area contributed by atoms with Crippen molar-refractivity contribution in [2.75, 3.05) is 29.3 Å². The van der Waals surface area contributed by atoms with E-state index >= 15 is 0 Å². The highest BCUT2D eigenvalue weighted by Crippen LogP contribution is 2.27. The van der Waals surface area contributed by atoms with Gasteiger partial charge in [0.25, 0.3) is 0 Å². The zero-order valence-corrected chi connectivity index (χ0v) is 11.3. The van der Waals surface area contributed by atoms with Crippen LogP contribution in [0.25, 0.3) is 0 Å². The smallest absolute Gasteiger partial charge is 0.147 e. The molecule has 3 nitrogen and oxygen atoms in total. The second-order valence-electron chi connectivity index (χ2n) is 3.82. The average Bonchev–Trinajstić information content (AvgIpc) is 2.17. The molecule has 0 aliphatic carbocycles. The van der Waals surface area contributed by atoms with Gasteiger partial charge < -0.3 is 5.11 Å². The van der Waals surface area contributed by atoms with E-state index in [9.17, 15) is 13.5 Å². The molecular weight excluding hydrogens is 252 g/mol. The van der Waals surface area contributed by atoms with Crippen molar-refractivity contribution in [3.8, 4) is 0 Å². The maximum Gasteiger partial charge on any atom is 0.147 e. The van der Waals surface area contributed by atoms with Crippen LogP contribution in [0.2, 0.25) is 0 Å². The second kappa shape index (κ2) is 6.37. The van der Waals surface area contributed by atoms with Gasteiger partial charge in [-0.05, 0) is 12.8 Å². The summed E-state index contributed by atoms with van der Waals surface area (Å²) in [4.78, 5) is 0. The van der Waals surface area contributed by atoms with Crippen LogP contribution in [-0.4, -0.2) is 54.1 Å². The van der Waals surface area contributed by atoms with Gasteiger partial charge in [0.1, 0.15) is 9.84 Å². The first-order valence-electron chi connectivity index (χ1n) is 5.04. The van der Waals surface area contributed by atoms with E-state index in [0.717, 1.165) is 17.3 Å². The highest BCUT2D eigenvalue weighted by molar-refractivity contribution is 8.06. The predicted octanol–water partition coefficient (Wildman–Crippen LogP) is 1.02. The van der Waals surface area contributed by atoms with E-state index in [1.54, 1.807) is 0 Å². The van der Waals surface area contributed by atoms with Crippen LogP contribution in [0.5, 0.6) is 0 Å². The van der Waals surface area contributed by atoms with Gasteiger partial charge in [-0.15, -0.1) is 0 Å². The quantitative estimate of drug-likeness (QED) is 0.808. The molecule has 0 aromatic carbocycles. The molecule has 1 fully saturated rings. The molecule has 1 saturated heterocycles. The molecule has 1 rings (SSSR count). The predicted molar refractivity (Wildman–Crippen MR) is 68.5 cm³/mol. The molecule has 2 atom stereocenters. The Bertz CT molecular complexity index is 270. The largest absolute Gasteiger partial charge is 0.392 e. The minimum Gasteiger partial charge on any atom is -0.392 e. The fourth-order valence-corrected chi connectivity index (χ4v) is 4.97. The molecule has 0 bridgehead atoms. The maximum absolute atomic E-state index is 10.9. The van der Waals surface area contributed by atoms with Crippen LogP contribution in [0.3, 0.4) is 0 Å². The molecule has 0 aromatic heterocycles. The third kappa shape index (κ3) is 6.04. The Morgan fingerprint density at radius 1 is 1.47 bits per heavy atom. The summed E-state index contributed by atoms with van der Waals surface area (Å²) in [5, 5.41) is 10.1. The van der Waals surface area contributed by atoms with E-state index < -0.39 is 9.84 Å². The van der Waals surface area contributed by atoms with Crippen molar-refractivity contribution >= 4 is 33.4 Å². The summed E-state index contributed by atoms with van der Waals surface area (Å²) in [6, 6.07) is 0. The molecule has 0 aromatic rings.